The molecular formula is C22H29ClN2O. The second-order valence-corrected chi connectivity index (χ2v) is 8.03. The number of hydrogen-bond acceptors (Lipinski definition) is 3. The van der Waals surface area contributed by atoms with Crippen molar-refractivity contribution in [3.63, 3.8) is 0 Å². The number of fused-ring (bicyclic) bond motifs is 1. The summed E-state index contributed by atoms with van der Waals surface area (Å²) in [6, 6.07) is 16.2. The first kappa shape index (κ1) is 19.4. The standard InChI is InChI=1S/C12H16ClNO.C10H13N/c1-14-8-6-12(15,7-9-14)10-2-4-11(13)5-3-10;1-11-7-6-9-4-2-3-5-10(9)8-11/h2-5,15H,6-9H2,1H3;2-5H,6-8H2,1H3. The van der Waals surface area contributed by atoms with Gasteiger partial charge >= 0.3 is 0 Å². The van der Waals surface area contributed by atoms with Gasteiger partial charge in [-0.3, -0.25) is 0 Å². The van der Waals surface area contributed by atoms with Gasteiger partial charge in [0.15, 0.2) is 0 Å². The molecule has 26 heavy (non-hydrogen) atoms. The Balaban J connectivity index is 0.000000158. The van der Waals surface area contributed by atoms with Crippen LogP contribution in [0.15, 0.2) is 48.5 Å². The van der Waals surface area contributed by atoms with Crippen LogP contribution in [0.25, 0.3) is 0 Å². The lowest BCUT2D eigenvalue weighted by Gasteiger charge is -2.36. The Labute approximate surface area is 162 Å². The number of aliphatic hydroxyl groups is 1. The minimum Gasteiger partial charge on any atom is -0.385 e. The fourth-order valence-corrected chi connectivity index (χ4v) is 3.80. The van der Waals surface area contributed by atoms with Gasteiger partial charge in [0.2, 0.25) is 0 Å². The summed E-state index contributed by atoms with van der Waals surface area (Å²) >= 11 is 5.83. The van der Waals surface area contributed by atoms with E-state index in [1.807, 2.05) is 24.3 Å². The van der Waals surface area contributed by atoms with Gasteiger partial charge < -0.3 is 14.9 Å². The average molecular weight is 373 g/mol. The maximum atomic E-state index is 10.5. The Kier molecular flexibility index (Phi) is 6.36. The molecule has 0 spiro atoms. The quantitative estimate of drug-likeness (QED) is 0.821. The zero-order valence-electron chi connectivity index (χ0n) is 15.8. The SMILES string of the molecule is CN1CCC(O)(c2ccc(Cl)cc2)CC1.CN1CCc2ccccc2C1. The van der Waals surface area contributed by atoms with E-state index in [1.54, 1.807) is 0 Å². The number of likely N-dealkylation sites (tertiary alicyclic amines) is 1. The first-order valence-corrected chi connectivity index (χ1v) is 9.76. The van der Waals surface area contributed by atoms with Crippen molar-refractivity contribution >= 4 is 11.6 Å². The van der Waals surface area contributed by atoms with Gasteiger partial charge in [-0.25, -0.2) is 0 Å². The lowest BCUT2D eigenvalue weighted by atomic mass is 9.85. The van der Waals surface area contributed by atoms with E-state index in [-0.39, 0.29) is 0 Å². The largest absolute Gasteiger partial charge is 0.385 e. The minimum atomic E-state index is -0.656. The fourth-order valence-electron chi connectivity index (χ4n) is 3.67. The molecule has 4 rings (SSSR count). The van der Waals surface area contributed by atoms with Crippen LogP contribution in [-0.4, -0.2) is 48.6 Å². The van der Waals surface area contributed by atoms with Gasteiger partial charge in [0.1, 0.15) is 0 Å². The molecule has 0 aliphatic carbocycles. The fraction of sp³-hybridized carbons (Fsp3) is 0.455. The van der Waals surface area contributed by atoms with Crippen LogP contribution in [0, 0.1) is 0 Å². The highest BCUT2D eigenvalue weighted by molar-refractivity contribution is 6.30. The highest BCUT2D eigenvalue weighted by atomic mass is 35.5. The van der Waals surface area contributed by atoms with Crippen molar-refractivity contribution in [3.8, 4) is 0 Å². The van der Waals surface area contributed by atoms with Gasteiger partial charge in [0.05, 0.1) is 5.60 Å². The van der Waals surface area contributed by atoms with Crippen LogP contribution in [0.1, 0.15) is 29.5 Å². The van der Waals surface area contributed by atoms with Crippen molar-refractivity contribution in [1.82, 2.24) is 9.80 Å². The number of hydrogen-bond donors (Lipinski definition) is 1. The Morgan fingerprint density at radius 1 is 0.846 bits per heavy atom. The average Bonchev–Trinajstić information content (AvgIpc) is 2.65. The number of likely N-dealkylation sites (N-methyl/N-ethyl adjacent to an activating group) is 1. The number of piperidine rings is 1. The van der Waals surface area contributed by atoms with E-state index < -0.39 is 5.60 Å². The number of nitrogens with zero attached hydrogens (tertiary/aromatic N) is 2. The molecule has 2 heterocycles. The molecular weight excluding hydrogens is 344 g/mol. The van der Waals surface area contributed by atoms with E-state index in [1.165, 1.54) is 24.1 Å². The first-order valence-electron chi connectivity index (χ1n) is 9.38. The summed E-state index contributed by atoms with van der Waals surface area (Å²) in [4.78, 5) is 4.60. The van der Waals surface area contributed by atoms with E-state index in [0.29, 0.717) is 0 Å². The second-order valence-electron chi connectivity index (χ2n) is 7.60. The monoisotopic (exact) mass is 372 g/mol. The molecule has 0 unspecified atom stereocenters. The Morgan fingerprint density at radius 3 is 2.12 bits per heavy atom. The van der Waals surface area contributed by atoms with Gasteiger partial charge in [0.25, 0.3) is 0 Å². The van der Waals surface area contributed by atoms with Crippen LogP contribution in [0.4, 0.5) is 0 Å². The summed E-state index contributed by atoms with van der Waals surface area (Å²) in [6.45, 7) is 4.21. The summed E-state index contributed by atoms with van der Waals surface area (Å²) in [7, 11) is 4.26. The number of benzene rings is 2. The van der Waals surface area contributed by atoms with Crippen molar-refractivity contribution in [3.05, 3.63) is 70.2 Å². The van der Waals surface area contributed by atoms with E-state index in [4.69, 9.17) is 11.6 Å². The van der Waals surface area contributed by atoms with E-state index >= 15 is 0 Å². The van der Waals surface area contributed by atoms with E-state index in [0.717, 1.165) is 43.1 Å². The maximum absolute atomic E-state index is 10.5. The first-order chi connectivity index (χ1) is 12.5. The molecule has 3 nitrogen and oxygen atoms in total. The van der Waals surface area contributed by atoms with Crippen LogP contribution < -0.4 is 0 Å². The Morgan fingerprint density at radius 2 is 1.46 bits per heavy atom. The highest BCUT2D eigenvalue weighted by Gasteiger charge is 2.32. The van der Waals surface area contributed by atoms with Gasteiger partial charge in [-0.15, -0.1) is 0 Å². The molecule has 0 atom stereocenters. The van der Waals surface area contributed by atoms with Crippen molar-refractivity contribution in [1.29, 1.82) is 0 Å². The van der Waals surface area contributed by atoms with Crippen molar-refractivity contribution in [2.45, 2.75) is 31.4 Å². The maximum Gasteiger partial charge on any atom is 0.0920 e. The normalized spacial score (nSPS) is 20.0. The second kappa shape index (κ2) is 8.53. The molecule has 2 aromatic carbocycles. The van der Waals surface area contributed by atoms with Crippen LogP contribution in [0.5, 0.6) is 0 Å². The molecule has 1 N–H and O–H groups in total. The molecule has 0 amide bonds. The van der Waals surface area contributed by atoms with E-state index in [2.05, 4.69) is 48.2 Å². The minimum absolute atomic E-state index is 0.656. The molecule has 0 radical (unpaired) electrons. The topological polar surface area (TPSA) is 26.7 Å². The third kappa shape index (κ3) is 4.86. The third-order valence-corrected chi connectivity index (χ3v) is 5.77. The molecule has 1 fully saturated rings. The third-order valence-electron chi connectivity index (χ3n) is 5.52. The van der Waals surface area contributed by atoms with E-state index in [9.17, 15) is 5.11 Å². The summed E-state index contributed by atoms with van der Waals surface area (Å²) < 4.78 is 0. The molecule has 2 aromatic rings. The molecule has 2 aliphatic rings. The Bertz CT molecular complexity index is 708. The predicted molar refractivity (Wildman–Crippen MR) is 109 cm³/mol. The number of rotatable bonds is 1. The van der Waals surface area contributed by atoms with Crippen molar-refractivity contribution in [2.75, 3.05) is 33.7 Å². The summed E-state index contributed by atoms with van der Waals surface area (Å²) in [6.07, 6.45) is 2.81. The lowest BCUT2D eigenvalue weighted by Crippen LogP contribution is -2.40. The van der Waals surface area contributed by atoms with Gasteiger partial charge in [-0.1, -0.05) is 48.0 Å². The molecule has 2 aliphatic heterocycles. The number of halogens is 1. The zero-order chi connectivity index (χ0) is 18.6. The van der Waals surface area contributed by atoms with Crippen molar-refractivity contribution in [2.24, 2.45) is 0 Å². The molecule has 0 aromatic heterocycles. The van der Waals surface area contributed by atoms with Crippen LogP contribution in [-0.2, 0) is 18.6 Å². The summed E-state index contributed by atoms with van der Waals surface area (Å²) in [5.41, 5.74) is 3.36. The Hall–Kier alpha value is -1.39. The zero-order valence-corrected chi connectivity index (χ0v) is 16.5. The highest BCUT2D eigenvalue weighted by Crippen LogP contribution is 2.32. The van der Waals surface area contributed by atoms with Gasteiger partial charge in [-0.2, -0.15) is 0 Å². The molecule has 140 valence electrons. The smallest absolute Gasteiger partial charge is 0.0920 e. The molecule has 1 saturated heterocycles. The van der Waals surface area contributed by atoms with Gasteiger partial charge in [-0.05, 0) is 62.2 Å². The predicted octanol–water partition coefficient (Wildman–Crippen LogP) is 3.93. The lowest BCUT2D eigenvalue weighted by molar-refractivity contribution is -0.0203. The van der Waals surface area contributed by atoms with Crippen LogP contribution in [0.3, 0.4) is 0 Å². The molecule has 0 saturated carbocycles. The van der Waals surface area contributed by atoms with Gasteiger partial charge in [0, 0.05) is 31.2 Å². The molecule has 0 bridgehead atoms. The van der Waals surface area contributed by atoms with Crippen LogP contribution in [0.2, 0.25) is 5.02 Å². The molecule has 4 heteroatoms. The summed E-state index contributed by atoms with van der Waals surface area (Å²) in [5.74, 6) is 0. The van der Waals surface area contributed by atoms with Crippen LogP contribution >= 0.6 is 11.6 Å². The van der Waals surface area contributed by atoms with Crippen molar-refractivity contribution < 1.29 is 5.11 Å². The summed E-state index contributed by atoms with van der Waals surface area (Å²) in [5, 5.41) is 11.2.